The summed E-state index contributed by atoms with van der Waals surface area (Å²) in [6.07, 6.45) is 0. The zero-order valence-electron chi connectivity index (χ0n) is 13.0. The Bertz CT molecular complexity index is 666. The lowest BCUT2D eigenvalue weighted by molar-refractivity contribution is 1.13. The van der Waals surface area contributed by atoms with Crippen LogP contribution in [-0.2, 0) is 0 Å². The van der Waals surface area contributed by atoms with E-state index in [4.69, 9.17) is 0 Å². The molecule has 1 radical (unpaired) electrons. The van der Waals surface area contributed by atoms with Gasteiger partial charge in [-0.15, -0.1) is 0 Å². The highest BCUT2D eigenvalue weighted by molar-refractivity contribution is 6.95. The van der Waals surface area contributed by atoms with Gasteiger partial charge in [0.1, 0.15) is 0 Å². The second-order valence-corrected chi connectivity index (χ2v) is 8.03. The average Bonchev–Trinajstić information content (AvgIpc) is 2.57. The minimum atomic E-state index is -0.938. The number of anilines is 1. The Labute approximate surface area is 134 Å². The van der Waals surface area contributed by atoms with E-state index in [0.29, 0.717) is 0 Å². The molecule has 3 rings (SSSR count). The second kappa shape index (κ2) is 6.63. The molecule has 0 atom stereocenters. The first kappa shape index (κ1) is 14.6. The van der Waals surface area contributed by atoms with Crippen molar-refractivity contribution >= 4 is 30.0 Å². The summed E-state index contributed by atoms with van der Waals surface area (Å²) in [5.41, 5.74) is 1.24. The fraction of sp³-hybridized carbons (Fsp3) is 0.100. The lowest BCUT2D eigenvalue weighted by Gasteiger charge is -2.18. The predicted octanol–water partition coefficient (Wildman–Crippen LogP) is 2.27. The molecular formula is C20H20NSi. The molecule has 0 N–H and O–H groups in total. The summed E-state index contributed by atoms with van der Waals surface area (Å²) >= 11 is 0. The summed E-state index contributed by atoms with van der Waals surface area (Å²) in [6.45, 7) is 0. The molecule has 0 aliphatic rings. The van der Waals surface area contributed by atoms with Crippen LogP contribution in [-0.4, -0.2) is 22.9 Å². The first-order valence-electron chi connectivity index (χ1n) is 7.51. The lowest BCUT2D eigenvalue weighted by Crippen LogP contribution is -2.51. The monoisotopic (exact) mass is 302 g/mol. The summed E-state index contributed by atoms with van der Waals surface area (Å²) in [5.74, 6) is 0. The molecule has 1 nitrogen and oxygen atoms in total. The summed E-state index contributed by atoms with van der Waals surface area (Å²) in [5, 5.41) is 4.28. The van der Waals surface area contributed by atoms with Gasteiger partial charge in [-0.25, -0.2) is 0 Å². The topological polar surface area (TPSA) is 3.24 Å². The van der Waals surface area contributed by atoms with Crippen molar-refractivity contribution in [3.05, 3.63) is 84.9 Å². The first-order chi connectivity index (χ1) is 10.8. The predicted molar refractivity (Wildman–Crippen MR) is 98.3 cm³/mol. The fourth-order valence-electron chi connectivity index (χ4n) is 2.64. The van der Waals surface area contributed by atoms with Crippen LogP contribution in [0.25, 0.3) is 0 Å². The van der Waals surface area contributed by atoms with Crippen LogP contribution in [0.2, 0.25) is 0 Å². The van der Waals surface area contributed by atoms with Crippen molar-refractivity contribution in [2.24, 2.45) is 0 Å². The van der Waals surface area contributed by atoms with Gasteiger partial charge in [-0.3, -0.25) is 0 Å². The molecule has 0 saturated carbocycles. The molecule has 2 heteroatoms. The Balaban J connectivity index is 2.06. The number of hydrogen-bond donors (Lipinski definition) is 0. The SMILES string of the molecule is CN(C)c1ccc([Si](c2ccccc2)c2ccccc2)cc1. The molecule has 0 aromatic heterocycles. The molecule has 0 fully saturated rings. The van der Waals surface area contributed by atoms with Crippen LogP contribution in [0.4, 0.5) is 5.69 Å². The van der Waals surface area contributed by atoms with Crippen LogP contribution in [0, 0.1) is 0 Å². The van der Waals surface area contributed by atoms with E-state index in [1.165, 1.54) is 21.2 Å². The van der Waals surface area contributed by atoms with Crippen molar-refractivity contribution in [2.45, 2.75) is 0 Å². The van der Waals surface area contributed by atoms with Crippen LogP contribution in [0.3, 0.4) is 0 Å². The minimum Gasteiger partial charge on any atom is -0.378 e. The van der Waals surface area contributed by atoms with E-state index in [1.807, 2.05) is 0 Å². The zero-order chi connectivity index (χ0) is 15.4. The van der Waals surface area contributed by atoms with E-state index in [1.54, 1.807) is 0 Å². The molecule has 0 aliphatic carbocycles. The number of rotatable bonds is 4. The van der Waals surface area contributed by atoms with Gasteiger partial charge in [-0.05, 0) is 12.1 Å². The molecule has 0 amide bonds. The van der Waals surface area contributed by atoms with Gasteiger partial charge in [-0.2, -0.15) is 0 Å². The van der Waals surface area contributed by atoms with Gasteiger partial charge in [0.15, 0.2) is 8.80 Å². The number of hydrogen-bond acceptors (Lipinski definition) is 1. The largest absolute Gasteiger partial charge is 0.378 e. The minimum absolute atomic E-state index is 0.938. The number of benzene rings is 3. The Hall–Kier alpha value is -2.32. The summed E-state index contributed by atoms with van der Waals surface area (Å²) < 4.78 is 0. The van der Waals surface area contributed by atoms with Crippen molar-refractivity contribution in [2.75, 3.05) is 19.0 Å². The molecule has 0 bridgehead atoms. The smallest absolute Gasteiger partial charge is 0.154 e. The third kappa shape index (κ3) is 3.12. The van der Waals surface area contributed by atoms with Gasteiger partial charge in [0, 0.05) is 19.8 Å². The van der Waals surface area contributed by atoms with Crippen molar-refractivity contribution in [3.8, 4) is 0 Å². The molecule has 109 valence electrons. The van der Waals surface area contributed by atoms with E-state index < -0.39 is 8.80 Å². The maximum atomic E-state index is 2.28. The Morgan fingerprint density at radius 1 is 0.545 bits per heavy atom. The fourth-order valence-corrected chi connectivity index (χ4v) is 5.19. The molecular weight excluding hydrogens is 282 g/mol. The van der Waals surface area contributed by atoms with Crippen LogP contribution in [0.5, 0.6) is 0 Å². The van der Waals surface area contributed by atoms with Gasteiger partial charge < -0.3 is 4.90 Å². The lowest BCUT2D eigenvalue weighted by atomic mass is 10.3. The molecule has 0 heterocycles. The maximum absolute atomic E-state index is 2.28. The van der Waals surface area contributed by atoms with Crippen LogP contribution in [0.15, 0.2) is 84.9 Å². The Morgan fingerprint density at radius 2 is 0.955 bits per heavy atom. The van der Waals surface area contributed by atoms with Gasteiger partial charge >= 0.3 is 0 Å². The van der Waals surface area contributed by atoms with Gasteiger partial charge in [-0.1, -0.05) is 88.4 Å². The summed E-state index contributed by atoms with van der Waals surface area (Å²) in [6, 6.07) is 30.7. The van der Waals surface area contributed by atoms with Crippen LogP contribution in [0.1, 0.15) is 0 Å². The van der Waals surface area contributed by atoms with E-state index >= 15 is 0 Å². The van der Waals surface area contributed by atoms with E-state index in [-0.39, 0.29) is 0 Å². The molecule has 3 aromatic carbocycles. The highest BCUT2D eigenvalue weighted by Crippen LogP contribution is 2.08. The van der Waals surface area contributed by atoms with Crippen LogP contribution < -0.4 is 20.5 Å². The van der Waals surface area contributed by atoms with Crippen LogP contribution >= 0.6 is 0 Å². The summed E-state index contributed by atoms with van der Waals surface area (Å²) in [4.78, 5) is 2.14. The Kier molecular flexibility index (Phi) is 4.40. The second-order valence-electron chi connectivity index (χ2n) is 5.55. The zero-order valence-corrected chi connectivity index (χ0v) is 14.0. The molecule has 0 spiro atoms. The van der Waals surface area contributed by atoms with Crippen molar-refractivity contribution in [3.63, 3.8) is 0 Å². The third-order valence-electron chi connectivity index (χ3n) is 3.80. The third-order valence-corrected chi connectivity index (χ3v) is 6.53. The van der Waals surface area contributed by atoms with E-state index in [9.17, 15) is 0 Å². The Morgan fingerprint density at radius 3 is 1.36 bits per heavy atom. The van der Waals surface area contributed by atoms with Gasteiger partial charge in [0.25, 0.3) is 0 Å². The van der Waals surface area contributed by atoms with Crippen molar-refractivity contribution in [1.29, 1.82) is 0 Å². The molecule has 0 saturated heterocycles. The highest BCUT2D eigenvalue weighted by atomic mass is 28.3. The molecule has 0 aliphatic heterocycles. The maximum Gasteiger partial charge on any atom is 0.154 e. The standard InChI is InChI=1S/C20H20NSi/c1-21(2)17-13-15-20(16-14-17)22(18-9-5-3-6-10-18)19-11-7-4-8-12-19/h3-16H,1-2H3. The molecule has 3 aromatic rings. The quantitative estimate of drug-likeness (QED) is 0.528. The van der Waals surface area contributed by atoms with Crippen molar-refractivity contribution in [1.82, 2.24) is 0 Å². The molecule has 22 heavy (non-hydrogen) atoms. The summed E-state index contributed by atoms with van der Waals surface area (Å²) in [7, 11) is 3.22. The molecule has 0 unspecified atom stereocenters. The van der Waals surface area contributed by atoms with Crippen molar-refractivity contribution < 1.29 is 0 Å². The van der Waals surface area contributed by atoms with Gasteiger partial charge in [0.2, 0.25) is 0 Å². The van der Waals surface area contributed by atoms with E-state index in [2.05, 4.69) is 104 Å². The number of nitrogens with zero attached hydrogens (tertiary/aromatic N) is 1. The van der Waals surface area contributed by atoms with E-state index in [0.717, 1.165) is 0 Å². The normalized spacial score (nSPS) is 10.7. The highest BCUT2D eigenvalue weighted by Gasteiger charge is 2.19. The first-order valence-corrected chi connectivity index (χ1v) is 9.01. The average molecular weight is 302 g/mol. The van der Waals surface area contributed by atoms with Gasteiger partial charge in [0.05, 0.1) is 0 Å².